The second kappa shape index (κ2) is 13.1. The summed E-state index contributed by atoms with van der Waals surface area (Å²) >= 11 is 0. The minimum atomic E-state index is -0.331. The Balaban J connectivity index is 1.53. The van der Waals surface area contributed by atoms with Crippen LogP contribution in [0.25, 0.3) is 67.0 Å². The van der Waals surface area contributed by atoms with E-state index >= 15 is 0 Å². The summed E-state index contributed by atoms with van der Waals surface area (Å²) in [5, 5.41) is 14.3. The van der Waals surface area contributed by atoms with Gasteiger partial charge >= 0.3 is 0 Å². The summed E-state index contributed by atoms with van der Waals surface area (Å²) in [6.45, 7) is 14.6. The minimum absolute atomic E-state index is 0.0279. The number of hydrogen-bond acceptors (Lipinski definition) is 3. The Labute approximate surface area is 287 Å². The molecule has 0 amide bonds. The molecule has 0 aliphatic heterocycles. The Hall–Kier alpha value is -5.28. The lowest BCUT2D eigenvalue weighted by atomic mass is 9.64. The molecule has 0 unspecified atom stereocenters. The van der Waals surface area contributed by atoms with Gasteiger partial charge in [-0.2, -0.15) is 0 Å². The van der Waals surface area contributed by atoms with Crippen molar-refractivity contribution in [3.05, 3.63) is 126 Å². The normalized spacial score (nSPS) is 12.2. The molecule has 0 spiro atoms. The SMILES string of the molecule is [B]c1c([B])c(-c2c(C=C)c(/C=C\C)c(C(=C)/C=C\C(=C/C)c3ccc4ccc5ccc(C)nc5c4n3)c3ccccc23)c([B])c([B])c1O. The summed E-state index contributed by atoms with van der Waals surface area (Å²) in [5.41, 5.74) is 9.21. The first-order chi connectivity index (χ1) is 23.1. The summed E-state index contributed by atoms with van der Waals surface area (Å²) in [5.74, 6) is -0.331. The van der Waals surface area contributed by atoms with E-state index in [4.69, 9.17) is 41.4 Å². The number of phenols is 1. The van der Waals surface area contributed by atoms with Crippen LogP contribution >= 0.6 is 0 Å². The molecule has 8 radical (unpaired) electrons. The molecule has 0 saturated carbocycles. The number of aromatic hydroxyl groups is 1. The van der Waals surface area contributed by atoms with Crippen molar-refractivity contribution in [3.63, 3.8) is 0 Å². The number of aromatic nitrogens is 2. The summed E-state index contributed by atoms with van der Waals surface area (Å²) in [6, 6.07) is 20.3. The highest BCUT2D eigenvalue weighted by molar-refractivity contribution is 6.61. The second-order valence-electron chi connectivity index (χ2n) is 11.7. The Bertz CT molecular complexity index is 2390. The number of benzene rings is 4. The zero-order chi connectivity index (χ0) is 34.3. The van der Waals surface area contributed by atoms with Crippen LogP contribution in [0.4, 0.5) is 0 Å². The Kier molecular flexibility index (Phi) is 8.90. The van der Waals surface area contributed by atoms with E-state index in [0.29, 0.717) is 11.1 Å². The second-order valence-corrected chi connectivity index (χ2v) is 11.7. The molecule has 3 nitrogen and oxygen atoms in total. The van der Waals surface area contributed by atoms with E-state index in [1.165, 1.54) is 0 Å². The molecule has 0 fully saturated rings. The average Bonchev–Trinajstić information content (AvgIpc) is 3.10. The quantitative estimate of drug-likeness (QED) is 0.134. The zero-order valence-electron chi connectivity index (χ0n) is 27.3. The fraction of sp³-hybridized carbons (Fsp3) is 0.0732. The molecule has 48 heavy (non-hydrogen) atoms. The predicted molar refractivity (Wildman–Crippen MR) is 211 cm³/mol. The number of fused-ring (bicyclic) bond motifs is 4. The van der Waals surface area contributed by atoms with Gasteiger partial charge in [0.05, 0.1) is 22.5 Å². The van der Waals surface area contributed by atoms with Crippen molar-refractivity contribution < 1.29 is 5.11 Å². The number of phenolic OH excluding ortho intramolecular Hbond substituents is 1. The maximum atomic E-state index is 10.5. The third kappa shape index (κ3) is 5.44. The van der Waals surface area contributed by atoms with Gasteiger partial charge in [-0.3, -0.25) is 4.98 Å². The van der Waals surface area contributed by atoms with Crippen LogP contribution in [-0.4, -0.2) is 46.5 Å². The van der Waals surface area contributed by atoms with Crippen LogP contribution in [0.2, 0.25) is 0 Å². The zero-order valence-corrected chi connectivity index (χ0v) is 27.3. The van der Waals surface area contributed by atoms with Crippen LogP contribution in [0.1, 0.15) is 41.9 Å². The van der Waals surface area contributed by atoms with E-state index in [1.54, 1.807) is 6.08 Å². The Morgan fingerprint density at radius 2 is 1.33 bits per heavy atom. The van der Waals surface area contributed by atoms with Crippen molar-refractivity contribution in [2.75, 3.05) is 0 Å². The topological polar surface area (TPSA) is 46.0 Å². The average molecular weight is 610 g/mol. The molecule has 0 atom stereocenters. The predicted octanol–water partition coefficient (Wildman–Crippen LogP) is 6.14. The van der Waals surface area contributed by atoms with Crippen LogP contribution in [0.3, 0.4) is 0 Å². The highest BCUT2D eigenvalue weighted by Crippen LogP contribution is 2.41. The maximum absolute atomic E-state index is 10.5. The minimum Gasteiger partial charge on any atom is -0.509 e. The lowest BCUT2D eigenvalue weighted by Crippen LogP contribution is -2.42. The Morgan fingerprint density at radius 3 is 1.96 bits per heavy atom. The first-order valence-corrected chi connectivity index (χ1v) is 15.6. The van der Waals surface area contributed by atoms with E-state index in [2.05, 4.69) is 37.4 Å². The monoisotopic (exact) mass is 610 g/mol. The van der Waals surface area contributed by atoms with E-state index in [0.717, 1.165) is 71.8 Å². The van der Waals surface area contributed by atoms with E-state index < -0.39 is 0 Å². The van der Waals surface area contributed by atoms with Gasteiger partial charge in [-0.25, -0.2) is 4.98 Å². The van der Waals surface area contributed by atoms with Crippen molar-refractivity contribution in [1.82, 2.24) is 9.97 Å². The molecule has 0 aliphatic carbocycles. The van der Waals surface area contributed by atoms with Crippen molar-refractivity contribution in [1.29, 1.82) is 0 Å². The molecule has 0 saturated heterocycles. The van der Waals surface area contributed by atoms with Crippen LogP contribution in [0.15, 0.2) is 98.1 Å². The molecule has 0 bridgehead atoms. The number of nitrogens with zero attached hydrogens (tertiary/aromatic N) is 2. The fourth-order valence-corrected chi connectivity index (χ4v) is 6.36. The van der Waals surface area contributed by atoms with E-state index in [1.807, 2.05) is 87.5 Å². The summed E-state index contributed by atoms with van der Waals surface area (Å²) in [7, 11) is 25.5. The first-order valence-electron chi connectivity index (χ1n) is 15.6. The number of aryl methyl sites for hydroxylation is 1. The number of hydrogen-bond donors (Lipinski definition) is 1. The van der Waals surface area contributed by atoms with Gasteiger partial charge in [0.15, 0.2) is 0 Å². The lowest BCUT2D eigenvalue weighted by molar-refractivity contribution is 0.484. The van der Waals surface area contributed by atoms with Crippen molar-refractivity contribution in [3.8, 4) is 16.9 Å². The van der Waals surface area contributed by atoms with Crippen molar-refractivity contribution in [2.45, 2.75) is 20.8 Å². The molecule has 0 aliphatic rings. The molecule has 222 valence electrons. The van der Waals surface area contributed by atoms with Gasteiger partial charge in [0.2, 0.25) is 0 Å². The van der Waals surface area contributed by atoms with Gasteiger partial charge in [0.25, 0.3) is 0 Å². The molecule has 4 aromatic carbocycles. The first kappa shape index (κ1) is 32.7. The van der Waals surface area contributed by atoms with Gasteiger partial charge in [-0.15, -0.1) is 0 Å². The van der Waals surface area contributed by atoms with Crippen molar-refractivity contribution >= 4 is 109 Å². The maximum Gasteiger partial charge on any atom is 0.118 e. The Morgan fingerprint density at radius 1 is 0.729 bits per heavy atom. The van der Waals surface area contributed by atoms with Crippen LogP contribution < -0.4 is 21.9 Å². The smallest absolute Gasteiger partial charge is 0.118 e. The van der Waals surface area contributed by atoms with Gasteiger partial charge < -0.3 is 5.11 Å². The number of pyridine rings is 2. The summed E-state index contributed by atoms with van der Waals surface area (Å²) < 4.78 is 0. The third-order valence-corrected chi connectivity index (χ3v) is 8.76. The van der Waals surface area contributed by atoms with Crippen molar-refractivity contribution in [2.24, 2.45) is 0 Å². The molecule has 6 rings (SSSR count). The van der Waals surface area contributed by atoms with Gasteiger partial charge in [0, 0.05) is 16.5 Å². The molecule has 7 heteroatoms. The summed E-state index contributed by atoms with van der Waals surface area (Å²) in [4.78, 5) is 9.87. The fourth-order valence-electron chi connectivity index (χ4n) is 6.36. The van der Waals surface area contributed by atoms with Crippen LogP contribution in [0, 0.1) is 6.92 Å². The van der Waals surface area contributed by atoms with Crippen LogP contribution in [-0.2, 0) is 0 Å². The van der Waals surface area contributed by atoms with E-state index in [-0.39, 0.29) is 27.6 Å². The van der Waals surface area contributed by atoms with Crippen LogP contribution in [0.5, 0.6) is 5.75 Å². The third-order valence-electron chi connectivity index (χ3n) is 8.76. The van der Waals surface area contributed by atoms with E-state index in [9.17, 15) is 5.11 Å². The summed E-state index contributed by atoms with van der Waals surface area (Å²) in [6.07, 6.45) is 11.8. The molecular formula is C41H30B4N2O. The number of allylic oxidation sites excluding steroid dienone is 6. The largest absolute Gasteiger partial charge is 0.509 e. The van der Waals surface area contributed by atoms with Gasteiger partial charge in [0.1, 0.15) is 31.4 Å². The number of rotatable bonds is 7. The highest BCUT2D eigenvalue weighted by atomic mass is 16.3. The highest BCUT2D eigenvalue weighted by Gasteiger charge is 2.22. The lowest BCUT2D eigenvalue weighted by Gasteiger charge is -2.25. The molecule has 6 aromatic rings. The molecule has 2 heterocycles. The molecule has 1 N–H and O–H groups in total. The standard InChI is InChI=1S/C41H30B4N2O/c1-6-11-28-27(8-3)33(34-35(42)37(44)41(48)38(45)36(34)43)30-13-10-9-12-29(30)32(28)22(4)14-16-24(7-2)31-21-20-26-19-18-25-17-15-23(5)46-39(25)40(26)47-31/h6-21,48H,3-4H2,1-2,5H3/b11-6-,16-14-,24-7+. The van der Waals surface area contributed by atoms with Gasteiger partial charge in [-0.05, 0) is 82.6 Å². The molecular weight excluding hydrogens is 580 g/mol. The van der Waals surface area contributed by atoms with Gasteiger partial charge in [-0.1, -0.05) is 120 Å². The molecule has 2 aromatic heterocycles.